The highest BCUT2D eigenvalue weighted by atomic mass is 28.4. The summed E-state index contributed by atoms with van der Waals surface area (Å²) >= 11 is 0. The van der Waals surface area contributed by atoms with Gasteiger partial charge in [-0.3, -0.25) is 0 Å². The molecule has 178 valence electrons. The molecule has 5 heteroatoms. The SMILES string of the molecule is C#CC(CC(C)C1CC(C)(C(C)C#C[Si](C)(C)C)OC(C)(C)O1)O[Si](CC)(CC)CC. The lowest BCUT2D eigenvalue weighted by Crippen LogP contribution is -2.55. The molecule has 0 bridgehead atoms. The highest BCUT2D eigenvalue weighted by Gasteiger charge is 2.47. The lowest BCUT2D eigenvalue weighted by Gasteiger charge is -2.50. The molecule has 0 radical (unpaired) electrons. The molecule has 1 aliphatic heterocycles. The second-order valence-electron chi connectivity index (χ2n) is 11.1. The molecule has 0 aromatic rings. The van der Waals surface area contributed by atoms with Gasteiger partial charge in [0, 0.05) is 12.3 Å². The molecule has 1 heterocycles. The average molecular weight is 465 g/mol. The fourth-order valence-electron chi connectivity index (χ4n) is 4.43. The normalized spacial score (nSPS) is 26.8. The first-order chi connectivity index (χ1) is 14.1. The number of hydrogen-bond acceptors (Lipinski definition) is 3. The third kappa shape index (κ3) is 8.37. The van der Waals surface area contributed by atoms with Crippen LogP contribution in [0.1, 0.15) is 68.2 Å². The van der Waals surface area contributed by atoms with E-state index in [0.29, 0.717) is 0 Å². The van der Waals surface area contributed by atoms with Crippen LogP contribution in [0.3, 0.4) is 0 Å². The molecular weight excluding hydrogens is 416 g/mol. The summed E-state index contributed by atoms with van der Waals surface area (Å²) in [5.74, 6) is 6.22. The van der Waals surface area contributed by atoms with Crippen LogP contribution in [0.2, 0.25) is 37.8 Å². The van der Waals surface area contributed by atoms with Gasteiger partial charge in [-0.25, -0.2) is 0 Å². The average Bonchev–Trinajstić information content (AvgIpc) is 2.67. The van der Waals surface area contributed by atoms with Crippen LogP contribution in [0.15, 0.2) is 0 Å². The van der Waals surface area contributed by atoms with E-state index in [1.54, 1.807) is 0 Å². The second-order valence-corrected chi connectivity index (χ2v) is 20.6. The van der Waals surface area contributed by atoms with E-state index in [2.05, 4.69) is 78.6 Å². The van der Waals surface area contributed by atoms with Crippen molar-refractivity contribution in [1.82, 2.24) is 0 Å². The molecular formula is C26H48O3Si2. The standard InChI is InChI=1S/C26H48O3Si2/c1-13-23(28-31(14-2,15-3)16-4)19-21(5)24-20-26(9,29-25(7,8)27-24)22(6)17-18-30(10,11)12/h1,21-24H,14-16,19-20H2,2-12H3. The zero-order valence-corrected chi connectivity index (χ0v) is 24.1. The number of rotatable bonds is 9. The van der Waals surface area contributed by atoms with Crippen molar-refractivity contribution in [2.75, 3.05) is 0 Å². The van der Waals surface area contributed by atoms with Crippen molar-refractivity contribution in [2.45, 2.75) is 130 Å². The summed E-state index contributed by atoms with van der Waals surface area (Å²) < 4.78 is 19.5. The molecule has 0 aromatic carbocycles. The fraction of sp³-hybridized carbons (Fsp3) is 0.846. The van der Waals surface area contributed by atoms with Gasteiger partial charge in [0.05, 0.1) is 11.7 Å². The summed E-state index contributed by atoms with van der Waals surface area (Å²) in [5.41, 5.74) is 3.18. The minimum Gasteiger partial charge on any atom is -0.403 e. The largest absolute Gasteiger partial charge is 0.403 e. The fourth-order valence-corrected chi connectivity index (χ4v) is 7.85. The van der Waals surface area contributed by atoms with Crippen molar-refractivity contribution in [3.8, 4) is 23.8 Å². The molecule has 0 aromatic heterocycles. The lowest BCUT2D eigenvalue weighted by molar-refractivity contribution is -0.343. The molecule has 0 N–H and O–H groups in total. The van der Waals surface area contributed by atoms with Gasteiger partial charge in [0.2, 0.25) is 0 Å². The molecule has 0 saturated carbocycles. The molecule has 1 saturated heterocycles. The Kier molecular flexibility index (Phi) is 10.1. The van der Waals surface area contributed by atoms with Crippen LogP contribution < -0.4 is 0 Å². The van der Waals surface area contributed by atoms with Crippen molar-refractivity contribution in [3.63, 3.8) is 0 Å². The zero-order valence-electron chi connectivity index (χ0n) is 22.1. The van der Waals surface area contributed by atoms with Crippen LogP contribution in [0.25, 0.3) is 0 Å². The van der Waals surface area contributed by atoms with Gasteiger partial charge >= 0.3 is 0 Å². The van der Waals surface area contributed by atoms with Crippen LogP contribution in [0.4, 0.5) is 0 Å². The minimum atomic E-state index is -1.74. The molecule has 1 rings (SSSR count). The van der Waals surface area contributed by atoms with Crippen LogP contribution in [-0.4, -0.2) is 40.0 Å². The van der Waals surface area contributed by atoms with Crippen molar-refractivity contribution in [1.29, 1.82) is 0 Å². The van der Waals surface area contributed by atoms with Crippen LogP contribution in [0, 0.1) is 35.6 Å². The van der Waals surface area contributed by atoms with E-state index in [-0.39, 0.29) is 29.6 Å². The molecule has 3 nitrogen and oxygen atoms in total. The van der Waals surface area contributed by atoms with E-state index in [4.69, 9.17) is 20.3 Å². The van der Waals surface area contributed by atoms with E-state index in [0.717, 1.165) is 31.0 Å². The third-order valence-electron chi connectivity index (χ3n) is 6.83. The lowest BCUT2D eigenvalue weighted by atomic mass is 9.80. The number of hydrogen-bond donors (Lipinski definition) is 0. The van der Waals surface area contributed by atoms with Crippen LogP contribution >= 0.6 is 0 Å². The summed E-state index contributed by atoms with van der Waals surface area (Å²) in [5, 5.41) is 0. The Hall–Kier alpha value is -0.566. The molecule has 0 amide bonds. The summed E-state index contributed by atoms with van der Waals surface area (Å²) in [6.45, 7) is 24.2. The summed E-state index contributed by atoms with van der Waals surface area (Å²) in [4.78, 5) is 0. The molecule has 1 aliphatic rings. The van der Waals surface area contributed by atoms with E-state index in [9.17, 15) is 0 Å². The maximum atomic E-state index is 6.62. The molecule has 31 heavy (non-hydrogen) atoms. The number of terminal acetylenes is 1. The predicted molar refractivity (Wildman–Crippen MR) is 138 cm³/mol. The summed E-state index contributed by atoms with van der Waals surface area (Å²) in [6.07, 6.45) is 7.47. The minimum absolute atomic E-state index is 0.0604. The van der Waals surface area contributed by atoms with Gasteiger partial charge in [0.25, 0.3) is 0 Å². The Bertz CT molecular complexity index is 667. The highest BCUT2D eigenvalue weighted by molar-refractivity contribution is 6.83. The molecule has 0 spiro atoms. The Morgan fingerprint density at radius 1 is 1.06 bits per heavy atom. The van der Waals surface area contributed by atoms with Crippen molar-refractivity contribution in [2.24, 2.45) is 11.8 Å². The van der Waals surface area contributed by atoms with Crippen LogP contribution in [0.5, 0.6) is 0 Å². The van der Waals surface area contributed by atoms with E-state index in [1.165, 1.54) is 0 Å². The maximum absolute atomic E-state index is 6.62. The maximum Gasteiger partial charge on any atom is 0.193 e. The van der Waals surface area contributed by atoms with Crippen molar-refractivity contribution >= 4 is 16.4 Å². The Morgan fingerprint density at radius 2 is 1.61 bits per heavy atom. The first-order valence-electron chi connectivity index (χ1n) is 12.2. The first kappa shape index (κ1) is 28.5. The summed E-state index contributed by atoms with van der Waals surface area (Å²) in [6, 6.07) is 3.33. The molecule has 5 atom stereocenters. The molecule has 0 aliphatic carbocycles. The first-order valence-corrected chi connectivity index (χ1v) is 18.2. The second kappa shape index (κ2) is 11.0. The predicted octanol–water partition coefficient (Wildman–Crippen LogP) is 6.85. The van der Waals surface area contributed by atoms with Gasteiger partial charge in [-0.15, -0.1) is 17.9 Å². The van der Waals surface area contributed by atoms with E-state index >= 15 is 0 Å². The topological polar surface area (TPSA) is 27.7 Å². The van der Waals surface area contributed by atoms with Gasteiger partial charge < -0.3 is 13.9 Å². The van der Waals surface area contributed by atoms with E-state index < -0.39 is 22.2 Å². The van der Waals surface area contributed by atoms with Gasteiger partial charge in [-0.05, 0) is 58.2 Å². The van der Waals surface area contributed by atoms with Gasteiger partial charge in [0.1, 0.15) is 14.2 Å². The van der Waals surface area contributed by atoms with Gasteiger partial charge in [0.15, 0.2) is 14.1 Å². The van der Waals surface area contributed by atoms with Gasteiger partial charge in [-0.2, -0.15) is 0 Å². The summed E-state index contributed by atoms with van der Waals surface area (Å²) in [7, 11) is -3.18. The Balaban J connectivity index is 3.01. The highest BCUT2D eigenvalue weighted by Crippen LogP contribution is 2.42. The quantitative estimate of drug-likeness (QED) is 0.276. The van der Waals surface area contributed by atoms with Crippen molar-refractivity contribution < 1.29 is 13.9 Å². The molecule has 5 unspecified atom stereocenters. The van der Waals surface area contributed by atoms with Crippen molar-refractivity contribution in [3.05, 3.63) is 0 Å². The molecule has 1 fully saturated rings. The van der Waals surface area contributed by atoms with Crippen LogP contribution in [-0.2, 0) is 13.9 Å². The monoisotopic (exact) mass is 464 g/mol. The number of ether oxygens (including phenoxy) is 2. The zero-order chi connectivity index (χ0) is 24.1. The smallest absolute Gasteiger partial charge is 0.193 e. The third-order valence-corrected chi connectivity index (χ3v) is 12.4. The Labute approximate surface area is 195 Å². The Morgan fingerprint density at radius 3 is 2.06 bits per heavy atom. The van der Waals surface area contributed by atoms with E-state index in [1.807, 2.05) is 13.8 Å². The van der Waals surface area contributed by atoms with Gasteiger partial charge in [-0.1, -0.05) is 53.3 Å².